The van der Waals surface area contributed by atoms with Gasteiger partial charge in [-0.25, -0.2) is 0 Å². The Morgan fingerprint density at radius 1 is 1.50 bits per heavy atom. The third-order valence-corrected chi connectivity index (χ3v) is 7.35. The standard InChI is InChI=1S/C3H8Si3/c1-3-5-6-4-2/h3H2,1-2H3. The van der Waals surface area contributed by atoms with Crippen LogP contribution in [0.1, 0.15) is 6.92 Å². The molecule has 0 saturated carbocycles. The van der Waals surface area contributed by atoms with E-state index in [1.165, 1.54) is 32.7 Å². The van der Waals surface area contributed by atoms with Crippen molar-refractivity contribution in [2.75, 3.05) is 0 Å². The Labute approximate surface area is 46.8 Å². The van der Waals surface area contributed by atoms with Gasteiger partial charge in [0.2, 0.25) is 0 Å². The molecule has 0 bridgehead atoms. The highest BCUT2D eigenvalue weighted by Gasteiger charge is 1.80. The zero-order chi connectivity index (χ0) is 4.83. The van der Waals surface area contributed by atoms with E-state index in [9.17, 15) is 0 Å². The van der Waals surface area contributed by atoms with E-state index in [0.29, 0.717) is 0 Å². The number of rotatable bonds is 3. The van der Waals surface area contributed by atoms with Crippen LogP contribution in [-0.2, 0) is 0 Å². The lowest BCUT2D eigenvalue weighted by atomic mass is 11.0. The predicted molar refractivity (Wildman–Crippen MR) is 33.6 cm³/mol. The fourth-order valence-electron chi connectivity index (χ4n) is 0.177. The first-order valence-electron chi connectivity index (χ1n) is 2.06. The van der Waals surface area contributed by atoms with Crippen LogP contribution < -0.4 is 0 Å². The van der Waals surface area contributed by atoms with Crippen molar-refractivity contribution in [1.82, 2.24) is 0 Å². The third kappa shape index (κ3) is 4.65. The molecule has 0 N–H and O–H groups in total. The molecule has 6 radical (unpaired) electrons. The monoisotopic (exact) mass is 128 g/mol. The van der Waals surface area contributed by atoms with Gasteiger partial charge < -0.3 is 0 Å². The second kappa shape index (κ2) is 5.65. The molecule has 0 unspecified atom stereocenters. The molecule has 0 aliphatic rings. The average molecular weight is 128 g/mol. The molecule has 0 aliphatic heterocycles. The summed E-state index contributed by atoms with van der Waals surface area (Å²) in [6.45, 7) is 4.53. The van der Waals surface area contributed by atoms with Gasteiger partial charge in [-0.05, 0) is 0 Å². The molecule has 32 valence electrons. The van der Waals surface area contributed by atoms with E-state index in [4.69, 9.17) is 0 Å². The summed E-state index contributed by atoms with van der Waals surface area (Å²) in [4.78, 5) is 0. The van der Waals surface area contributed by atoms with Gasteiger partial charge in [0.15, 0.2) is 0 Å². The van der Waals surface area contributed by atoms with E-state index < -0.39 is 0 Å². The lowest BCUT2D eigenvalue weighted by Crippen LogP contribution is -2.06. The maximum absolute atomic E-state index is 2.28. The molecule has 0 aromatic heterocycles. The van der Waals surface area contributed by atoms with Crippen molar-refractivity contribution in [3.63, 3.8) is 0 Å². The van der Waals surface area contributed by atoms with Gasteiger partial charge in [0, 0.05) is 26.6 Å². The lowest BCUT2D eigenvalue weighted by Gasteiger charge is -1.81. The van der Waals surface area contributed by atoms with E-state index in [1.807, 2.05) is 0 Å². The van der Waals surface area contributed by atoms with Gasteiger partial charge in [0.05, 0.1) is 0 Å². The molecule has 0 spiro atoms. The third-order valence-electron chi connectivity index (χ3n) is 0.390. The molecular weight excluding hydrogens is 120 g/mol. The van der Waals surface area contributed by atoms with Gasteiger partial charge in [-0.15, -0.1) is 0 Å². The molecule has 3 heteroatoms. The van der Waals surface area contributed by atoms with Gasteiger partial charge in [-0.1, -0.05) is 19.5 Å². The summed E-state index contributed by atoms with van der Waals surface area (Å²) in [6.07, 6.45) is 0. The van der Waals surface area contributed by atoms with Crippen LogP contribution in [0.15, 0.2) is 0 Å². The molecule has 0 aliphatic carbocycles. The largest absolute Gasteiger partial charge is 0.0761 e. The number of hydrogen-bond donors (Lipinski definition) is 0. The van der Waals surface area contributed by atoms with Crippen LogP contribution in [0.25, 0.3) is 0 Å². The van der Waals surface area contributed by atoms with Crippen molar-refractivity contribution in [3.8, 4) is 0 Å². The second-order valence-electron chi connectivity index (χ2n) is 0.905. The highest BCUT2D eigenvalue weighted by atomic mass is 29.5. The SMILES string of the molecule is CC[Si][Si][Si]C. The zero-order valence-electron chi connectivity index (χ0n) is 4.21. The Bertz CT molecular complexity index is 18.0. The van der Waals surface area contributed by atoms with Gasteiger partial charge in [0.25, 0.3) is 0 Å². The zero-order valence-corrected chi connectivity index (χ0v) is 7.21. The number of hydrogen-bond acceptors (Lipinski definition) is 0. The molecule has 0 aromatic carbocycles. The van der Waals surface area contributed by atoms with Crippen molar-refractivity contribution < 1.29 is 0 Å². The van der Waals surface area contributed by atoms with Crippen molar-refractivity contribution in [2.45, 2.75) is 19.5 Å². The first kappa shape index (κ1) is 6.65. The maximum Gasteiger partial charge on any atom is 0.0180 e. The van der Waals surface area contributed by atoms with Crippen LogP contribution in [0.5, 0.6) is 0 Å². The summed E-state index contributed by atoms with van der Waals surface area (Å²) in [7, 11) is 3.73. The minimum atomic E-state index is 1.20. The molecule has 0 aromatic rings. The molecule has 6 heavy (non-hydrogen) atoms. The summed E-state index contributed by atoms with van der Waals surface area (Å²) in [5, 5.41) is 0. The highest BCUT2D eigenvalue weighted by Crippen LogP contribution is 1.66. The Morgan fingerprint density at radius 3 is 2.33 bits per heavy atom. The van der Waals surface area contributed by atoms with Gasteiger partial charge in [-0.2, -0.15) is 0 Å². The molecular formula is C3H8Si3. The van der Waals surface area contributed by atoms with E-state index in [0.717, 1.165) is 0 Å². The van der Waals surface area contributed by atoms with Crippen LogP contribution in [0.4, 0.5) is 0 Å². The molecule has 0 amide bonds. The minimum Gasteiger partial charge on any atom is -0.0761 e. The molecule has 0 saturated heterocycles. The molecule has 0 atom stereocenters. The fraction of sp³-hybridized carbons (Fsp3) is 1.00. The predicted octanol–water partition coefficient (Wildman–Crippen LogP) is 0.415. The first-order valence-corrected chi connectivity index (χ1v) is 7.77. The summed E-state index contributed by atoms with van der Waals surface area (Å²) in [5.74, 6) is 0. The average Bonchev–Trinajstić information content (AvgIpc) is 1.61. The Hall–Kier alpha value is 0.651. The van der Waals surface area contributed by atoms with Crippen LogP contribution in [-0.4, -0.2) is 26.6 Å². The van der Waals surface area contributed by atoms with Crippen LogP contribution in [0, 0.1) is 0 Å². The Balaban J connectivity index is 2.34. The van der Waals surface area contributed by atoms with Crippen LogP contribution >= 0.6 is 0 Å². The van der Waals surface area contributed by atoms with Gasteiger partial charge in [-0.3, -0.25) is 0 Å². The van der Waals surface area contributed by atoms with Crippen molar-refractivity contribution >= 4 is 26.6 Å². The van der Waals surface area contributed by atoms with Crippen LogP contribution in [0.3, 0.4) is 0 Å². The molecule has 0 rings (SSSR count). The quantitative estimate of drug-likeness (QED) is 0.382. The van der Waals surface area contributed by atoms with E-state index in [1.54, 1.807) is 0 Å². The Kier molecular flexibility index (Phi) is 6.26. The van der Waals surface area contributed by atoms with Gasteiger partial charge in [0.1, 0.15) is 0 Å². The van der Waals surface area contributed by atoms with Crippen molar-refractivity contribution in [3.05, 3.63) is 0 Å². The minimum absolute atomic E-state index is 1.20. The summed E-state index contributed by atoms with van der Waals surface area (Å²) >= 11 is 0. The van der Waals surface area contributed by atoms with E-state index >= 15 is 0 Å². The topological polar surface area (TPSA) is 0 Å². The van der Waals surface area contributed by atoms with Crippen molar-refractivity contribution in [2.24, 2.45) is 0 Å². The normalized spacial score (nSPS) is 9.00. The van der Waals surface area contributed by atoms with Gasteiger partial charge >= 0.3 is 0 Å². The summed E-state index contributed by atoms with van der Waals surface area (Å²) in [5.41, 5.74) is 0. The Morgan fingerprint density at radius 2 is 2.17 bits per heavy atom. The molecule has 0 nitrogen and oxygen atoms in total. The molecule has 0 fully saturated rings. The second-order valence-corrected chi connectivity index (χ2v) is 8.28. The van der Waals surface area contributed by atoms with Crippen molar-refractivity contribution in [1.29, 1.82) is 0 Å². The molecule has 0 heterocycles. The summed E-state index contributed by atoms with van der Waals surface area (Å²) < 4.78 is 0. The fourth-order valence-corrected chi connectivity index (χ4v) is 4.77. The summed E-state index contributed by atoms with van der Waals surface area (Å²) in [6, 6.07) is 1.40. The van der Waals surface area contributed by atoms with Crippen LogP contribution in [0.2, 0.25) is 12.6 Å². The first-order chi connectivity index (χ1) is 2.91. The lowest BCUT2D eigenvalue weighted by molar-refractivity contribution is 1.47. The van der Waals surface area contributed by atoms with E-state index in [-0.39, 0.29) is 0 Å². The maximum atomic E-state index is 2.28. The smallest absolute Gasteiger partial charge is 0.0180 e. The highest BCUT2D eigenvalue weighted by molar-refractivity contribution is 7.29. The van der Waals surface area contributed by atoms with E-state index in [2.05, 4.69) is 13.5 Å².